The molecule has 0 radical (unpaired) electrons. The van der Waals surface area contributed by atoms with E-state index in [9.17, 15) is 4.79 Å². The third-order valence-electron chi connectivity index (χ3n) is 3.17. The van der Waals surface area contributed by atoms with Gasteiger partial charge in [0.1, 0.15) is 18.1 Å². The predicted molar refractivity (Wildman–Crippen MR) is 96.9 cm³/mol. The number of benzene rings is 2. The standard InChI is InChI=1S/C19H22N2O3/c1-14(2)13-24-16-10-8-15(9-11-16)21-19(22)12-20-17-6-4-5-7-18(17)23-3/h4-11,20H,1,12-13H2,2-3H3,(H,21,22). The summed E-state index contributed by atoms with van der Waals surface area (Å²) in [6.45, 7) is 6.32. The molecule has 0 saturated carbocycles. The van der Waals surface area contributed by atoms with Crippen LogP contribution in [0, 0.1) is 0 Å². The van der Waals surface area contributed by atoms with Gasteiger partial charge >= 0.3 is 0 Å². The quantitative estimate of drug-likeness (QED) is 0.726. The first-order chi connectivity index (χ1) is 11.6. The predicted octanol–water partition coefficient (Wildman–Crippen LogP) is 3.70. The van der Waals surface area contributed by atoms with E-state index in [0.29, 0.717) is 18.0 Å². The van der Waals surface area contributed by atoms with Gasteiger partial charge in [0.2, 0.25) is 5.91 Å². The van der Waals surface area contributed by atoms with Crippen molar-refractivity contribution in [3.05, 3.63) is 60.7 Å². The molecule has 5 nitrogen and oxygen atoms in total. The molecule has 126 valence electrons. The number of amides is 1. The summed E-state index contributed by atoms with van der Waals surface area (Å²) in [5.74, 6) is 1.30. The van der Waals surface area contributed by atoms with Crippen molar-refractivity contribution >= 4 is 17.3 Å². The molecule has 2 aromatic rings. The van der Waals surface area contributed by atoms with Crippen LogP contribution < -0.4 is 20.1 Å². The SMILES string of the molecule is C=C(C)COc1ccc(NC(=O)CNc2ccccc2OC)cc1. The van der Waals surface area contributed by atoms with Crippen LogP contribution in [0.3, 0.4) is 0 Å². The Balaban J connectivity index is 1.84. The first-order valence-corrected chi connectivity index (χ1v) is 7.62. The van der Waals surface area contributed by atoms with Crippen molar-refractivity contribution in [1.82, 2.24) is 0 Å². The van der Waals surface area contributed by atoms with E-state index in [2.05, 4.69) is 17.2 Å². The van der Waals surface area contributed by atoms with Crippen molar-refractivity contribution in [2.24, 2.45) is 0 Å². The Hall–Kier alpha value is -2.95. The van der Waals surface area contributed by atoms with Gasteiger partial charge in [-0.15, -0.1) is 0 Å². The number of rotatable bonds is 8. The Bertz CT molecular complexity index is 696. The fourth-order valence-electron chi connectivity index (χ4n) is 2.01. The largest absolute Gasteiger partial charge is 0.495 e. The zero-order valence-corrected chi connectivity index (χ0v) is 14.0. The van der Waals surface area contributed by atoms with Gasteiger partial charge < -0.3 is 20.1 Å². The first-order valence-electron chi connectivity index (χ1n) is 7.62. The number of hydrogen-bond acceptors (Lipinski definition) is 4. The van der Waals surface area contributed by atoms with Crippen LogP contribution in [0.5, 0.6) is 11.5 Å². The van der Waals surface area contributed by atoms with E-state index in [1.165, 1.54) is 0 Å². The van der Waals surface area contributed by atoms with E-state index < -0.39 is 0 Å². The highest BCUT2D eigenvalue weighted by Crippen LogP contribution is 2.22. The van der Waals surface area contributed by atoms with E-state index in [1.807, 2.05) is 43.3 Å². The third-order valence-corrected chi connectivity index (χ3v) is 3.17. The smallest absolute Gasteiger partial charge is 0.243 e. The van der Waals surface area contributed by atoms with Crippen molar-refractivity contribution in [2.45, 2.75) is 6.92 Å². The van der Waals surface area contributed by atoms with Gasteiger partial charge in [0, 0.05) is 5.69 Å². The summed E-state index contributed by atoms with van der Waals surface area (Å²) >= 11 is 0. The van der Waals surface area contributed by atoms with Crippen LogP contribution in [0.2, 0.25) is 0 Å². The maximum atomic E-state index is 12.0. The fraction of sp³-hybridized carbons (Fsp3) is 0.211. The van der Waals surface area contributed by atoms with Crippen LogP contribution in [-0.4, -0.2) is 26.2 Å². The Morgan fingerprint density at radius 2 is 1.83 bits per heavy atom. The summed E-state index contributed by atoms with van der Waals surface area (Å²) < 4.78 is 10.8. The number of methoxy groups -OCH3 is 1. The number of carbonyl (C=O) groups is 1. The van der Waals surface area contributed by atoms with Gasteiger partial charge in [-0.1, -0.05) is 18.7 Å². The summed E-state index contributed by atoms with van der Waals surface area (Å²) in [7, 11) is 1.60. The molecule has 0 unspecified atom stereocenters. The summed E-state index contributed by atoms with van der Waals surface area (Å²) in [6.07, 6.45) is 0. The van der Waals surface area contributed by atoms with Crippen molar-refractivity contribution in [3.8, 4) is 11.5 Å². The summed E-state index contributed by atoms with van der Waals surface area (Å²) in [5, 5.41) is 5.88. The average Bonchev–Trinajstić information content (AvgIpc) is 2.59. The lowest BCUT2D eigenvalue weighted by molar-refractivity contribution is -0.114. The molecular formula is C19H22N2O3. The molecule has 24 heavy (non-hydrogen) atoms. The van der Waals surface area contributed by atoms with Gasteiger partial charge in [-0.25, -0.2) is 0 Å². The highest BCUT2D eigenvalue weighted by atomic mass is 16.5. The summed E-state index contributed by atoms with van der Waals surface area (Å²) in [5.41, 5.74) is 2.44. The molecule has 0 heterocycles. The number of para-hydroxylation sites is 2. The Kier molecular flexibility index (Phi) is 6.25. The van der Waals surface area contributed by atoms with E-state index in [0.717, 1.165) is 17.0 Å². The molecule has 0 fully saturated rings. The van der Waals surface area contributed by atoms with E-state index >= 15 is 0 Å². The van der Waals surface area contributed by atoms with Gasteiger partial charge in [-0.05, 0) is 48.9 Å². The second-order valence-corrected chi connectivity index (χ2v) is 5.37. The van der Waals surface area contributed by atoms with Crippen LogP contribution in [-0.2, 0) is 4.79 Å². The van der Waals surface area contributed by atoms with Crippen molar-refractivity contribution in [2.75, 3.05) is 30.9 Å². The van der Waals surface area contributed by atoms with Gasteiger partial charge in [-0.2, -0.15) is 0 Å². The zero-order chi connectivity index (χ0) is 17.4. The molecule has 2 aromatic carbocycles. The molecule has 0 spiro atoms. The lowest BCUT2D eigenvalue weighted by atomic mass is 10.3. The second kappa shape index (κ2) is 8.62. The maximum absolute atomic E-state index is 12.0. The number of ether oxygens (including phenoxy) is 2. The Morgan fingerprint density at radius 1 is 1.12 bits per heavy atom. The molecule has 5 heteroatoms. The van der Waals surface area contributed by atoms with Crippen molar-refractivity contribution in [3.63, 3.8) is 0 Å². The van der Waals surface area contributed by atoms with Crippen molar-refractivity contribution < 1.29 is 14.3 Å². The van der Waals surface area contributed by atoms with Gasteiger partial charge in [0.25, 0.3) is 0 Å². The third kappa shape index (κ3) is 5.35. The van der Waals surface area contributed by atoms with Gasteiger partial charge in [-0.3, -0.25) is 4.79 Å². The minimum Gasteiger partial charge on any atom is -0.495 e. The number of anilines is 2. The van der Waals surface area contributed by atoms with Crippen LogP contribution in [0.4, 0.5) is 11.4 Å². The zero-order valence-electron chi connectivity index (χ0n) is 14.0. The highest BCUT2D eigenvalue weighted by molar-refractivity contribution is 5.94. The first kappa shape index (κ1) is 17.4. The van der Waals surface area contributed by atoms with Gasteiger partial charge in [0.15, 0.2) is 0 Å². The molecule has 2 N–H and O–H groups in total. The molecule has 1 amide bonds. The summed E-state index contributed by atoms with van der Waals surface area (Å²) in [4.78, 5) is 12.0. The van der Waals surface area contributed by atoms with Crippen LogP contribution in [0.1, 0.15) is 6.92 Å². The van der Waals surface area contributed by atoms with Crippen LogP contribution in [0.15, 0.2) is 60.7 Å². The highest BCUT2D eigenvalue weighted by Gasteiger charge is 2.05. The topological polar surface area (TPSA) is 59.6 Å². The molecule has 0 saturated heterocycles. The minimum atomic E-state index is -0.142. The average molecular weight is 326 g/mol. The second-order valence-electron chi connectivity index (χ2n) is 5.37. The molecule has 0 aliphatic carbocycles. The van der Waals surface area contributed by atoms with E-state index in [4.69, 9.17) is 9.47 Å². The number of nitrogens with one attached hydrogen (secondary N) is 2. The molecular weight excluding hydrogens is 304 g/mol. The minimum absolute atomic E-state index is 0.142. The molecule has 0 aliphatic heterocycles. The summed E-state index contributed by atoms with van der Waals surface area (Å²) in [6, 6.07) is 14.7. The molecule has 2 rings (SSSR count). The van der Waals surface area contributed by atoms with Crippen molar-refractivity contribution in [1.29, 1.82) is 0 Å². The molecule has 0 atom stereocenters. The maximum Gasteiger partial charge on any atom is 0.243 e. The normalized spacial score (nSPS) is 9.92. The number of carbonyl (C=O) groups excluding carboxylic acids is 1. The Labute approximate surface area is 142 Å². The van der Waals surface area contributed by atoms with Crippen LogP contribution in [0.25, 0.3) is 0 Å². The number of hydrogen-bond donors (Lipinski definition) is 2. The lowest BCUT2D eigenvalue weighted by Crippen LogP contribution is -2.21. The van der Waals surface area contributed by atoms with E-state index in [-0.39, 0.29) is 12.5 Å². The van der Waals surface area contributed by atoms with Crippen LogP contribution >= 0.6 is 0 Å². The Morgan fingerprint density at radius 3 is 2.50 bits per heavy atom. The molecule has 0 bridgehead atoms. The lowest BCUT2D eigenvalue weighted by Gasteiger charge is -2.11. The molecule has 0 aromatic heterocycles. The molecule has 0 aliphatic rings. The fourth-order valence-corrected chi connectivity index (χ4v) is 2.01. The monoisotopic (exact) mass is 326 g/mol. The van der Waals surface area contributed by atoms with Gasteiger partial charge in [0.05, 0.1) is 19.3 Å². The van der Waals surface area contributed by atoms with E-state index in [1.54, 1.807) is 19.2 Å².